The second-order valence-electron chi connectivity index (χ2n) is 11.9. The van der Waals surface area contributed by atoms with E-state index in [0.29, 0.717) is 0 Å². The molecule has 4 rings (SSSR count). The van der Waals surface area contributed by atoms with Crippen LogP contribution < -0.4 is 0 Å². The summed E-state index contributed by atoms with van der Waals surface area (Å²) in [5, 5.41) is 9.03. The summed E-state index contributed by atoms with van der Waals surface area (Å²) in [6.45, 7) is 17.9. The second kappa shape index (κ2) is 16.4. The van der Waals surface area contributed by atoms with Crippen molar-refractivity contribution in [3.05, 3.63) is 94.0 Å². The highest BCUT2D eigenvalue weighted by Crippen LogP contribution is 2.41. The van der Waals surface area contributed by atoms with Gasteiger partial charge in [-0.1, -0.05) is 128 Å². The van der Waals surface area contributed by atoms with Crippen LogP contribution in [0, 0.1) is 19.8 Å². The maximum Gasteiger partial charge on any atom is 0.307 e. The van der Waals surface area contributed by atoms with Crippen LogP contribution in [0.25, 0.3) is 11.1 Å². The van der Waals surface area contributed by atoms with Crippen molar-refractivity contribution < 1.29 is 9.90 Å². The van der Waals surface area contributed by atoms with Gasteiger partial charge < -0.3 is 5.11 Å². The molecule has 0 radical (unpaired) electrons. The predicted octanol–water partition coefficient (Wildman–Crippen LogP) is 10.9. The lowest BCUT2D eigenvalue weighted by molar-refractivity contribution is -0.136. The average molecular weight is 543 g/mol. The van der Waals surface area contributed by atoms with Crippen molar-refractivity contribution in [2.24, 2.45) is 5.92 Å². The molecule has 3 aromatic carbocycles. The Kier molecular flexibility index (Phi) is 13.7. The summed E-state index contributed by atoms with van der Waals surface area (Å²) >= 11 is 0. The van der Waals surface area contributed by atoms with Crippen molar-refractivity contribution in [3.8, 4) is 11.1 Å². The van der Waals surface area contributed by atoms with Gasteiger partial charge in [-0.3, -0.25) is 4.79 Å². The minimum absolute atomic E-state index is 0.00400. The fraction of sp³-hybridized carbons (Fsp3) is 0.500. The van der Waals surface area contributed by atoms with Crippen molar-refractivity contribution >= 4 is 5.97 Å². The Bertz CT molecular complexity index is 1180. The zero-order chi connectivity index (χ0) is 29.7. The molecule has 40 heavy (non-hydrogen) atoms. The predicted molar refractivity (Wildman–Crippen MR) is 173 cm³/mol. The lowest BCUT2D eigenvalue weighted by Gasteiger charge is -2.34. The van der Waals surface area contributed by atoms with E-state index in [2.05, 4.69) is 91.8 Å². The van der Waals surface area contributed by atoms with Crippen molar-refractivity contribution in [2.75, 3.05) is 0 Å². The molecule has 218 valence electrons. The van der Waals surface area contributed by atoms with Crippen LogP contribution in [0.1, 0.15) is 120 Å². The van der Waals surface area contributed by atoms with E-state index in [1.807, 2.05) is 24.3 Å². The first-order chi connectivity index (χ1) is 19.1. The smallest absolute Gasteiger partial charge is 0.307 e. The fourth-order valence-corrected chi connectivity index (χ4v) is 5.21. The van der Waals surface area contributed by atoms with Gasteiger partial charge in [0.25, 0.3) is 0 Å². The van der Waals surface area contributed by atoms with Gasteiger partial charge in [-0.15, -0.1) is 0 Å². The van der Waals surface area contributed by atoms with E-state index >= 15 is 0 Å². The third-order valence-corrected chi connectivity index (χ3v) is 7.85. The van der Waals surface area contributed by atoms with E-state index in [9.17, 15) is 4.79 Å². The molecule has 0 aliphatic heterocycles. The standard InChI is InChI=1S/C32H40O2.C3H6.C3H8/c1-7-32(8-2,28-16-15-26(23(5)19-28)12-9-22(3)4)29-17-18-30(24(6)20-29)27-13-10-25(11-14-27)21-31(33)34;1-2-3-1;1-3-2/h10-11,13-20,22H,7-9,12,21H2,1-6H3,(H,33,34);1-3H2;3H2,1-2H3. The van der Waals surface area contributed by atoms with E-state index in [1.165, 1.54) is 65.5 Å². The second-order valence-corrected chi connectivity index (χ2v) is 11.9. The summed E-state index contributed by atoms with van der Waals surface area (Å²) in [6, 6.07) is 21.9. The molecule has 0 unspecified atom stereocenters. The number of carbonyl (C=O) groups is 1. The molecule has 0 atom stereocenters. The first-order valence-electron chi connectivity index (χ1n) is 15.6. The summed E-state index contributed by atoms with van der Waals surface area (Å²) < 4.78 is 0. The summed E-state index contributed by atoms with van der Waals surface area (Å²) in [5.41, 5.74) is 10.1. The third-order valence-electron chi connectivity index (χ3n) is 7.85. The molecular formula is C38H54O2. The van der Waals surface area contributed by atoms with Crippen LogP contribution in [-0.2, 0) is 23.1 Å². The number of benzene rings is 3. The van der Waals surface area contributed by atoms with Crippen molar-refractivity contribution in [1.82, 2.24) is 0 Å². The fourth-order valence-electron chi connectivity index (χ4n) is 5.21. The molecule has 1 N–H and O–H groups in total. The molecule has 2 nitrogen and oxygen atoms in total. The first-order valence-corrected chi connectivity index (χ1v) is 15.6. The highest BCUT2D eigenvalue weighted by molar-refractivity contribution is 5.72. The number of rotatable bonds is 10. The minimum atomic E-state index is -0.799. The van der Waals surface area contributed by atoms with E-state index < -0.39 is 5.97 Å². The van der Waals surface area contributed by atoms with Gasteiger partial charge >= 0.3 is 5.97 Å². The Morgan fingerprint density at radius 3 is 1.75 bits per heavy atom. The van der Waals surface area contributed by atoms with Crippen molar-refractivity contribution in [2.45, 2.75) is 119 Å². The molecule has 0 aromatic heterocycles. The number of hydrogen-bond acceptors (Lipinski definition) is 1. The third kappa shape index (κ3) is 9.65. The molecule has 0 bridgehead atoms. The number of aryl methyl sites for hydroxylation is 3. The van der Waals surface area contributed by atoms with Gasteiger partial charge in [-0.25, -0.2) is 0 Å². The van der Waals surface area contributed by atoms with Gasteiger partial charge in [-0.05, 0) is 90.0 Å². The zero-order valence-electron chi connectivity index (χ0n) is 26.6. The Hall–Kier alpha value is -2.87. The van der Waals surface area contributed by atoms with Crippen molar-refractivity contribution in [1.29, 1.82) is 0 Å². The zero-order valence-corrected chi connectivity index (χ0v) is 26.6. The number of aliphatic carboxylic acids is 1. The molecule has 1 aliphatic carbocycles. The minimum Gasteiger partial charge on any atom is -0.481 e. The van der Waals surface area contributed by atoms with E-state index in [0.717, 1.165) is 36.3 Å². The topological polar surface area (TPSA) is 37.3 Å². The van der Waals surface area contributed by atoms with Gasteiger partial charge in [0.05, 0.1) is 6.42 Å². The summed E-state index contributed by atoms with van der Waals surface area (Å²) in [5.74, 6) is -0.0775. The van der Waals surface area contributed by atoms with Crippen LogP contribution in [0.2, 0.25) is 0 Å². The molecule has 0 amide bonds. The monoisotopic (exact) mass is 542 g/mol. The van der Waals surface area contributed by atoms with Crippen LogP contribution in [0.3, 0.4) is 0 Å². The molecule has 0 heterocycles. The molecule has 0 spiro atoms. The Morgan fingerprint density at radius 1 is 0.800 bits per heavy atom. The van der Waals surface area contributed by atoms with E-state index in [1.54, 1.807) is 0 Å². The Morgan fingerprint density at radius 2 is 1.32 bits per heavy atom. The normalized spacial score (nSPS) is 12.2. The number of carboxylic acids is 1. The molecule has 1 aliphatic rings. The molecule has 0 saturated heterocycles. The number of carboxylic acid groups (broad SMARTS) is 1. The van der Waals surface area contributed by atoms with Crippen molar-refractivity contribution in [3.63, 3.8) is 0 Å². The summed E-state index contributed by atoms with van der Waals surface area (Å²) in [7, 11) is 0. The Balaban J connectivity index is 0.000000838. The van der Waals surface area contributed by atoms with E-state index in [4.69, 9.17) is 5.11 Å². The molecule has 3 aromatic rings. The van der Waals surface area contributed by atoms with Gasteiger partial charge in [-0.2, -0.15) is 0 Å². The van der Waals surface area contributed by atoms with Gasteiger partial charge in [0.15, 0.2) is 0 Å². The molecule has 1 fully saturated rings. The highest BCUT2D eigenvalue weighted by atomic mass is 16.4. The van der Waals surface area contributed by atoms with Crippen LogP contribution in [-0.4, -0.2) is 11.1 Å². The van der Waals surface area contributed by atoms with Crippen LogP contribution >= 0.6 is 0 Å². The van der Waals surface area contributed by atoms with E-state index in [-0.39, 0.29) is 11.8 Å². The quantitative estimate of drug-likeness (QED) is 0.277. The summed E-state index contributed by atoms with van der Waals surface area (Å²) in [6.07, 6.45) is 10.3. The Labute approximate surface area is 245 Å². The lowest BCUT2D eigenvalue weighted by Crippen LogP contribution is -2.26. The van der Waals surface area contributed by atoms with Gasteiger partial charge in [0.2, 0.25) is 0 Å². The van der Waals surface area contributed by atoms with Gasteiger partial charge in [0.1, 0.15) is 0 Å². The molecule has 2 heteroatoms. The highest BCUT2D eigenvalue weighted by Gasteiger charge is 2.31. The molecular weight excluding hydrogens is 488 g/mol. The maximum atomic E-state index is 11.0. The van der Waals surface area contributed by atoms with Crippen LogP contribution in [0.5, 0.6) is 0 Å². The van der Waals surface area contributed by atoms with Crippen LogP contribution in [0.4, 0.5) is 0 Å². The number of hydrogen-bond donors (Lipinski definition) is 1. The SMILES string of the molecule is C1CC1.CCC.CCC(CC)(c1ccc(CCC(C)C)c(C)c1)c1ccc(-c2ccc(CC(=O)O)cc2)c(C)c1. The lowest BCUT2D eigenvalue weighted by atomic mass is 9.69. The molecule has 1 saturated carbocycles. The average Bonchev–Trinajstić information content (AvgIpc) is 3.80. The van der Waals surface area contributed by atoms with Gasteiger partial charge in [0, 0.05) is 5.41 Å². The maximum absolute atomic E-state index is 11.0. The van der Waals surface area contributed by atoms with Crippen LogP contribution in [0.15, 0.2) is 60.7 Å². The summed E-state index contributed by atoms with van der Waals surface area (Å²) in [4.78, 5) is 11.0. The largest absolute Gasteiger partial charge is 0.481 e. The first kappa shape index (κ1) is 33.3.